The summed E-state index contributed by atoms with van der Waals surface area (Å²) in [4.78, 5) is 18.3. The Morgan fingerprint density at radius 3 is 2.74 bits per heavy atom. The van der Waals surface area contributed by atoms with E-state index in [0.29, 0.717) is 11.6 Å². The first-order valence-corrected chi connectivity index (χ1v) is 9.91. The Labute approximate surface area is 138 Å². The number of carbonyl (C=O) groups is 1. The Morgan fingerprint density at radius 2 is 2.13 bits per heavy atom. The zero-order chi connectivity index (χ0) is 16.3. The first-order valence-electron chi connectivity index (χ1n) is 7.11. The molecule has 0 saturated carbocycles. The molecule has 2 aromatic rings. The predicted molar refractivity (Wildman–Crippen MR) is 88.1 cm³/mol. The summed E-state index contributed by atoms with van der Waals surface area (Å²) in [6.07, 6.45) is 1.85. The maximum Gasteiger partial charge on any atom is 0.237 e. The van der Waals surface area contributed by atoms with Crippen molar-refractivity contribution in [2.45, 2.75) is 17.6 Å². The van der Waals surface area contributed by atoms with E-state index in [1.54, 1.807) is 4.90 Å². The van der Waals surface area contributed by atoms with E-state index < -0.39 is 9.84 Å². The number of nitrogens with zero attached hydrogens (tertiary/aromatic N) is 3. The number of carbonyl (C=O) groups excluding carboxylic acids is 1. The fourth-order valence-electron chi connectivity index (χ4n) is 2.59. The highest BCUT2D eigenvalue weighted by Gasteiger charge is 2.35. The van der Waals surface area contributed by atoms with E-state index in [1.165, 1.54) is 18.1 Å². The third kappa shape index (κ3) is 3.91. The van der Waals surface area contributed by atoms with Crippen molar-refractivity contribution in [3.05, 3.63) is 36.7 Å². The van der Waals surface area contributed by atoms with Gasteiger partial charge in [0, 0.05) is 5.69 Å². The monoisotopic (exact) mass is 352 g/mol. The number of thioether (sulfide) groups is 1. The highest BCUT2D eigenvalue weighted by atomic mass is 32.2. The van der Waals surface area contributed by atoms with E-state index in [0.717, 1.165) is 5.69 Å². The van der Waals surface area contributed by atoms with E-state index in [-0.39, 0.29) is 29.2 Å². The summed E-state index contributed by atoms with van der Waals surface area (Å²) in [5.41, 5.74) is 0.720. The molecule has 1 aliphatic heterocycles. The minimum Gasteiger partial charge on any atom is -0.308 e. The van der Waals surface area contributed by atoms with E-state index >= 15 is 0 Å². The summed E-state index contributed by atoms with van der Waals surface area (Å²) in [7, 11) is -3.07. The Bertz CT molecular complexity index is 763. The highest BCUT2D eigenvalue weighted by molar-refractivity contribution is 7.99. The first kappa shape index (κ1) is 16.0. The lowest BCUT2D eigenvalue weighted by Crippen LogP contribution is -2.42. The number of benzene rings is 1. The molecule has 0 aliphatic carbocycles. The standard InChI is InChI=1S/C14H16N4O3S2/c19-13(8-22-14-15-10-16-17-14)18(11-4-2-1-3-5-11)12-6-7-23(20,21)9-12/h1-5,10,12H,6-9H2,(H,15,16,17)/t12-/m1/s1. The topological polar surface area (TPSA) is 96.0 Å². The van der Waals surface area contributed by atoms with Gasteiger partial charge in [-0.05, 0) is 18.6 Å². The molecule has 1 atom stereocenters. The molecule has 2 heterocycles. The molecule has 1 aromatic heterocycles. The van der Waals surface area contributed by atoms with Crippen molar-refractivity contribution in [3.8, 4) is 0 Å². The molecule has 9 heteroatoms. The molecule has 1 amide bonds. The molecule has 1 fully saturated rings. The molecule has 0 bridgehead atoms. The van der Waals surface area contributed by atoms with Crippen LogP contribution in [0.5, 0.6) is 0 Å². The summed E-state index contributed by atoms with van der Waals surface area (Å²) in [5.74, 6) is 0.171. The zero-order valence-electron chi connectivity index (χ0n) is 12.3. The van der Waals surface area contributed by atoms with Gasteiger partial charge in [0.05, 0.1) is 23.3 Å². The molecular formula is C14H16N4O3S2. The average molecular weight is 352 g/mol. The van der Waals surface area contributed by atoms with E-state index in [2.05, 4.69) is 15.2 Å². The van der Waals surface area contributed by atoms with Crippen molar-refractivity contribution in [1.29, 1.82) is 0 Å². The van der Waals surface area contributed by atoms with E-state index in [1.807, 2.05) is 30.3 Å². The number of amides is 1. The van der Waals surface area contributed by atoms with Crippen molar-refractivity contribution in [1.82, 2.24) is 15.2 Å². The summed E-state index contributed by atoms with van der Waals surface area (Å²) in [6, 6.07) is 8.86. The SMILES string of the molecule is O=C(CSc1ncn[nH]1)N(c1ccccc1)[C@@H]1CCS(=O)(=O)C1. The normalized spacial score (nSPS) is 19.6. The van der Waals surface area contributed by atoms with Gasteiger partial charge in [-0.2, -0.15) is 5.10 Å². The summed E-state index contributed by atoms with van der Waals surface area (Å²) in [5, 5.41) is 6.99. The van der Waals surface area contributed by atoms with Gasteiger partial charge in [0.1, 0.15) is 6.33 Å². The van der Waals surface area contributed by atoms with Crippen LogP contribution in [0.2, 0.25) is 0 Å². The number of rotatable bonds is 5. The van der Waals surface area contributed by atoms with Gasteiger partial charge in [0.2, 0.25) is 5.91 Å². The molecule has 3 rings (SSSR count). The maximum atomic E-state index is 12.7. The van der Waals surface area contributed by atoms with Gasteiger partial charge >= 0.3 is 0 Å². The average Bonchev–Trinajstić information content (AvgIpc) is 3.16. The number of sulfone groups is 1. The molecular weight excluding hydrogens is 336 g/mol. The summed E-state index contributed by atoms with van der Waals surface area (Å²) >= 11 is 1.25. The molecule has 23 heavy (non-hydrogen) atoms. The van der Waals surface area contributed by atoms with Crippen LogP contribution in [0.15, 0.2) is 41.8 Å². The van der Waals surface area contributed by atoms with Crippen molar-refractivity contribution in [2.75, 3.05) is 22.2 Å². The molecule has 1 aromatic carbocycles. The number of para-hydroxylation sites is 1. The number of aromatic amines is 1. The van der Waals surface area contributed by atoms with Crippen LogP contribution in [0.3, 0.4) is 0 Å². The zero-order valence-corrected chi connectivity index (χ0v) is 13.9. The number of aromatic nitrogens is 3. The van der Waals surface area contributed by atoms with Gasteiger partial charge in [-0.15, -0.1) is 0 Å². The second-order valence-electron chi connectivity index (χ2n) is 5.24. The molecule has 122 valence electrons. The third-order valence-corrected chi connectivity index (χ3v) is 6.21. The van der Waals surface area contributed by atoms with Crippen LogP contribution >= 0.6 is 11.8 Å². The highest BCUT2D eigenvalue weighted by Crippen LogP contribution is 2.26. The van der Waals surface area contributed by atoms with Crippen molar-refractivity contribution in [3.63, 3.8) is 0 Å². The maximum absolute atomic E-state index is 12.7. The van der Waals surface area contributed by atoms with Crippen LogP contribution in [0.4, 0.5) is 5.69 Å². The Hall–Kier alpha value is -1.87. The van der Waals surface area contributed by atoms with Gasteiger partial charge in [0.15, 0.2) is 15.0 Å². The Kier molecular flexibility index (Phi) is 4.67. The largest absolute Gasteiger partial charge is 0.308 e. The fraction of sp³-hybridized carbons (Fsp3) is 0.357. The summed E-state index contributed by atoms with van der Waals surface area (Å²) in [6.45, 7) is 0. The minimum absolute atomic E-state index is 0.0145. The lowest BCUT2D eigenvalue weighted by molar-refractivity contribution is -0.116. The molecule has 0 radical (unpaired) electrons. The van der Waals surface area contributed by atoms with Crippen LogP contribution in [0.1, 0.15) is 6.42 Å². The van der Waals surface area contributed by atoms with Gasteiger partial charge in [-0.3, -0.25) is 9.89 Å². The van der Waals surface area contributed by atoms with Gasteiger partial charge in [0.25, 0.3) is 0 Å². The lowest BCUT2D eigenvalue weighted by Gasteiger charge is -2.28. The van der Waals surface area contributed by atoms with E-state index in [4.69, 9.17) is 0 Å². The number of hydrogen-bond donors (Lipinski definition) is 1. The van der Waals surface area contributed by atoms with Crippen LogP contribution in [0.25, 0.3) is 0 Å². The van der Waals surface area contributed by atoms with Crippen LogP contribution in [-0.2, 0) is 14.6 Å². The second kappa shape index (κ2) is 6.71. The number of nitrogens with one attached hydrogen (secondary N) is 1. The number of H-pyrrole nitrogens is 1. The molecule has 1 saturated heterocycles. The van der Waals surface area contributed by atoms with Crippen molar-refractivity contribution in [2.24, 2.45) is 0 Å². The van der Waals surface area contributed by atoms with Gasteiger partial charge in [-0.1, -0.05) is 30.0 Å². The molecule has 1 aliphatic rings. The lowest BCUT2D eigenvalue weighted by atomic mass is 10.2. The second-order valence-corrected chi connectivity index (χ2v) is 8.43. The van der Waals surface area contributed by atoms with Gasteiger partial charge < -0.3 is 4.90 Å². The quantitative estimate of drug-likeness (QED) is 0.810. The molecule has 0 unspecified atom stereocenters. The van der Waals surface area contributed by atoms with Gasteiger partial charge in [-0.25, -0.2) is 13.4 Å². The summed E-state index contributed by atoms with van der Waals surface area (Å²) < 4.78 is 23.6. The number of hydrogen-bond acceptors (Lipinski definition) is 6. The third-order valence-electron chi connectivity index (χ3n) is 3.60. The molecule has 0 spiro atoms. The number of anilines is 1. The van der Waals surface area contributed by atoms with Crippen molar-refractivity contribution < 1.29 is 13.2 Å². The first-order chi connectivity index (χ1) is 11.1. The van der Waals surface area contributed by atoms with Crippen LogP contribution < -0.4 is 4.90 Å². The smallest absolute Gasteiger partial charge is 0.237 e. The molecule has 1 N–H and O–H groups in total. The van der Waals surface area contributed by atoms with Crippen LogP contribution in [0, 0.1) is 0 Å². The van der Waals surface area contributed by atoms with Crippen LogP contribution in [-0.4, -0.2) is 52.8 Å². The van der Waals surface area contributed by atoms with Crippen molar-refractivity contribution >= 4 is 33.2 Å². The van der Waals surface area contributed by atoms with E-state index in [9.17, 15) is 13.2 Å². The minimum atomic E-state index is -3.07. The fourth-order valence-corrected chi connectivity index (χ4v) is 4.93. The predicted octanol–water partition coefficient (Wildman–Crippen LogP) is 1.12. The Morgan fingerprint density at radius 1 is 1.35 bits per heavy atom. The Balaban J connectivity index is 1.79. The molecule has 7 nitrogen and oxygen atoms in total.